The Kier molecular flexibility index (Phi) is 6.10. The van der Waals surface area contributed by atoms with Gasteiger partial charge in [0.25, 0.3) is 5.91 Å². The van der Waals surface area contributed by atoms with Crippen molar-refractivity contribution in [2.45, 2.75) is 38.8 Å². The van der Waals surface area contributed by atoms with Crippen molar-refractivity contribution in [3.8, 4) is 0 Å². The molecule has 0 aromatic carbocycles. The van der Waals surface area contributed by atoms with Gasteiger partial charge in [0.15, 0.2) is 5.60 Å². The summed E-state index contributed by atoms with van der Waals surface area (Å²) in [5.41, 5.74) is 1.74. The number of aryl methyl sites for hydroxylation is 2. The number of aliphatic hydroxyl groups is 1. The van der Waals surface area contributed by atoms with Crippen LogP contribution in [0.2, 0.25) is 0 Å². The summed E-state index contributed by atoms with van der Waals surface area (Å²) in [6.45, 7) is 6.50. The number of hydrogen-bond donors (Lipinski definition) is 2. The first-order chi connectivity index (χ1) is 10.9. The summed E-state index contributed by atoms with van der Waals surface area (Å²) in [5, 5.41) is 13.9. The first-order valence-electron chi connectivity index (χ1n) is 8.10. The van der Waals surface area contributed by atoms with E-state index in [4.69, 9.17) is 4.74 Å². The van der Waals surface area contributed by atoms with Crippen LogP contribution in [0.3, 0.4) is 0 Å². The highest BCUT2D eigenvalue weighted by molar-refractivity contribution is 5.86. The van der Waals surface area contributed by atoms with Crippen LogP contribution in [0.1, 0.15) is 29.8 Å². The Bertz CT molecular complexity index is 530. The van der Waals surface area contributed by atoms with Crippen molar-refractivity contribution in [1.29, 1.82) is 0 Å². The Morgan fingerprint density at radius 3 is 2.74 bits per heavy atom. The number of hydrogen-bond acceptors (Lipinski definition) is 5. The molecule has 1 aromatic rings. The van der Waals surface area contributed by atoms with Gasteiger partial charge < -0.3 is 20.1 Å². The third-order valence-electron chi connectivity index (χ3n) is 4.16. The van der Waals surface area contributed by atoms with Crippen molar-refractivity contribution >= 4 is 5.91 Å². The summed E-state index contributed by atoms with van der Waals surface area (Å²) < 4.78 is 5.03. The molecule has 2 heterocycles. The van der Waals surface area contributed by atoms with Gasteiger partial charge >= 0.3 is 0 Å². The van der Waals surface area contributed by atoms with Crippen molar-refractivity contribution in [1.82, 2.24) is 15.2 Å². The van der Waals surface area contributed by atoms with Gasteiger partial charge in [-0.1, -0.05) is 0 Å². The fourth-order valence-corrected chi connectivity index (χ4v) is 3.08. The van der Waals surface area contributed by atoms with Crippen molar-refractivity contribution in [3.63, 3.8) is 0 Å². The summed E-state index contributed by atoms with van der Waals surface area (Å²) in [5.74, 6) is -0.199. The minimum atomic E-state index is -1.32. The number of amides is 1. The Balaban J connectivity index is 1.91. The molecule has 1 aliphatic rings. The molecule has 1 aliphatic heterocycles. The maximum Gasteiger partial charge on any atom is 0.255 e. The molecule has 6 nitrogen and oxygen atoms in total. The summed E-state index contributed by atoms with van der Waals surface area (Å²) in [6.07, 6.45) is 1.30. The Hall–Kier alpha value is -1.50. The van der Waals surface area contributed by atoms with E-state index in [9.17, 15) is 9.90 Å². The maximum atomic E-state index is 12.5. The van der Waals surface area contributed by atoms with E-state index in [1.807, 2.05) is 26.0 Å². The topological polar surface area (TPSA) is 74.7 Å². The monoisotopic (exact) mass is 321 g/mol. The third kappa shape index (κ3) is 4.73. The zero-order chi connectivity index (χ0) is 16.9. The molecule has 2 rings (SSSR count). The van der Waals surface area contributed by atoms with Crippen LogP contribution in [0.25, 0.3) is 0 Å². The number of methoxy groups -OCH3 is 1. The molecule has 23 heavy (non-hydrogen) atoms. The van der Waals surface area contributed by atoms with Crippen LogP contribution in [-0.2, 0) is 16.1 Å². The molecule has 0 aliphatic carbocycles. The Morgan fingerprint density at radius 2 is 2.09 bits per heavy atom. The Labute approximate surface area is 137 Å². The number of carbonyl (C=O) groups excluding carboxylic acids is 1. The van der Waals surface area contributed by atoms with Crippen LogP contribution in [0, 0.1) is 13.8 Å². The minimum absolute atomic E-state index is 0.199. The number of pyridine rings is 1. The SMILES string of the molecule is COCCN1CCC[C@@](O)(CNCc2cc(C)nc(C)c2)C1=O. The van der Waals surface area contributed by atoms with E-state index < -0.39 is 5.60 Å². The van der Waals surface area contributed by atoms with Crippen molar-refractivity contribution in [2.24, 2.45) is 0 Å². The molecule has 128 valence electrons. The highest BCUT2D eigenvalue weighted by Gasteiger charge is 2.41. The van der Waals surface area contributed by atoms with Gasteiger partial charge in [0.1, 0.15) is 0 Å². The zero-order valence-electron chi connectivity index (χ0n) is 14.3. The van der Waals surface area contributed by atoms with Crippen LogP contribution in [0.5, 0.6) is 0 Å². The van der Waals surface area contributed by atoms with Gasteiger partial charge in [-0.15, -0.1) is 0 Å². The van der Waals surface area contributed by atoms with Crippen molar-refractivity contribution in [3.05, 3.63) is 29.1 Å². The van der Waals surface area contributed by atoms with Crippen LogP contribution in [0.4, 0.5) is 0 Å². The van der Waals surface area contributed by atoms with Gasteiger partial charge in [0.05, 0.1) is 6.61 Å². The smallest absolute Gasteiger partial charge is 0.255 e. The number of piperidine rings is 1. The molecule has 1 fully saturated rings. The number of aromatic nitrogens is 1. The van der Waals surface area contributed by atoms with Gasteiger partial charge in [-0.25, -0.2) is 0 Å². The summed E-state index contributed by atoms with van der Waals surface area (Å²) in [7, 11) is 1.61. The number of carbonyl (C=O) groups is 1. The molecular weight excluding hydrogens is 294 g/mol. The number of ether oxygens (including phenoxy) is 1. The second-order valence-electron chi connectivity index (χ2n) is 6.28. The summed E-state index contributed by atoms with van der Waals surface area (Å²) >= 11 is 0. The quantitative estimate of drug-likeness (QED) is 0.776. The van der Waals surface area contributed by atoms with E-state index >= 15 is 0 Å². The average molecular weight is 321 g/mol. The van der Waals surface area contributed by atoms with Gasteiger partial charge in [-0.05, 0) is 44.4 Å². The maximum absolute atomic E-state index is 12.5. The molecular formula is C17H27N3O3. The van der Waals surface area contributed by atoms with Crippen LogP contribution < -0.4 is 5.32 Å². The van der Waals surface area contributed by atoms with Gasteiger partial charge in [0.2, 0.25) is 0 Å². The normalized spacial score (nSPS) is 21.7. The van der Waals surface area contributed by atoms with Crippen LogP contribution >= 0.6 is 0 Å². The highest BCUT2D eigenvalue weighted by atomic mass is 16.5. The molecule has 1 saturated heterocycles. The fraction of sp³-hybridized carbons (Fsp3) is 0.647. The standard InChI is InChI=1S/C17H27N3O3/c1-13-9-15(10-14(2)19-13)11-18-12-17(22)5-4-6-20(16(17)21)7-8-23-3/h9-10,18,22H,4-8,11-12H2,1-3H3/t17-/m1/s1. The van der Waals surface area contributed by atoms with Gasteiger partial charge in [-0.2, -0.15) is 0 Å². The van der Waals surface area contributed by atoms with Crippen LogP contribution in [-0.4, -0.2) is 59.8 Å². The molecule has 1 atom stereocenters. The van der Waals surface area contributed by atoms with Crippen LogP contribution in [0.15, 0.2) is 12.1 Å². The van der Waals surface area contributed by atoms with Crippen molar-refractivity contribution < 1.29 is 14.6 Å². The predicted octanol–water partition coefficient (Wildman–Crippen LogP) is 0.788. The fourth-order valence-electron chi connectivity index (χ4n) is 3.08. The van der Waals surface area contributed by atoms with Gasteiger partial charge in [-0.3, -0.25) is 9.78 Å². The highest BCUT2D eigenvalue weighted by Crippen LogP contribution is 2.22. The largest absolute Gasteiger partial charge is 0.383 e. The molecule has 1 amide bonds. The summed E-state index contributed by atoms with van der Waals surface area (Å²) in [6, 6.07) is 4.02. The molecule has 0 spiro atoms. The molecule has 2 N–H and O–H groups in total. The number of nitrogens with zero attached hydrogens (tertiary/aromatic N) is 2. The number of likely N-dealkylation sites (tertiary alicyclic amines) is 1. The molecule has 0 saturated carbocycles. The lowest BCUT2D eigenvalue weighted by molar-refractivity contribution is -0.157. The second-order valence-corrected chi connectivity index (χ2v) is 6.28. The zero-order valence-corrected chi connectivity index (χ0v) is 14.3. The van der Waals surface area contributed by atoms with E-state index in [1.54, 1.807) is 12.0 Å². The minimum Gasteiger partial charge on any atom is -0.383 e. The lowest BCUT2D eigenvalue weighted by Gasteiger charge is -2.38. The van der Waals surface area contributed by atoms with E-state index in [0.717, 1.165) is 23.4 Å². The molecule has 0 radical (unpaired) electrons. The average Bonchev–Trinajstić information content (AvgIpc) is 2.48. The first-order valence-corrected chi connectivity index (χ1v) is 8.10. The third-order valence-corrected chi connectivity index (χ3v) is 4.16. The van der Waals surface area contributed by atoms with E-state index in [1.165, 1.54) is 0 Å². The predicted molar refractivity (Wildman–Crippen MR) is 88.1 cm³/mol. The van der Waals surface area contributed by atoms with Crippen molar-refractivity contribution in [2.75, 3.05) is 33.4 Å². The lowest BCUT2D eigenvalue weighted by atomic mass is 9.91. The lowest BCUT2D eigenvalue weighted by Crippen LogP contribution is -2.58. The number of nitrogens with one attached hydrogen (secondary N) is 1. The number of rotatable bonds is 7. The van der Waals surface area contributed by atoms with E-state index in [2.05, 4.69) is 10.3 Å². The first kappa shape index (κ1) is 17.8. The van der Waals surface area contributed by atoms with Gasteiger partial charge in [0, 0.05) is 44.7 Å². The summed E-state index contributed by atoms with van der Waals surface area (Å²) in [4.78, 5) is 18.5. The second kappa shape index (κ2) is 7.86. The molecule has 0 unspecified atom stereocenters. The molecule has 0 bridgehead atoms. The molecule has 1 aromatic heterocycles. The molecule has 6 heteroatoms. The Morgan fingerprint density at radius 1 is 1.39 bits per heavy atom. The van der Waals surface area contributed by atoms with E-state index in [-0.39, 0.29) is 12.5 Å². The van der Waals surface area contributed by atoms with E-state index in [0.29, 0.717) is 32.7 Å².